The summed E-state index contributed by atoms with van der Waals surface area (Å²) in [5, 5.41) is 2.94. The molecule has 2 amide bonds. The Balaban J connectivity index is 1.63. The molecule has 4 nitrogen and oxygen atoms in total. The van der Waals surface area contributed by atoms with Gasteiger partial charge in [0.05, 0.1) is 6.54 Å². The van der Waals surface area contributed by atoms with Gasteiger partial charge in [-0.2, -0.15) is 0 Å². The van der Waals surface area contributed by atoms with Gasteiger partial charge in [-0.15, -0.1) is 0 Å². The van der Waals surface area contributed by atoms with Crippen LogP contribution < -0.4 is 5.32 Å². The smallest absolute Gasteiger partial charge is 0.317 e. The molecule has 0 radical (unpaired) electrons. The molecule has 0 saturated carbocycles. The van der Waals surface area contributed by atoms with E-state index in [1.165, 1.54) is 0 Å². The number of aromatic amines is 1. The van der Waals surface area contributed by atoms with E-state index in [1.807, 2.05) is 24.8 Å². The van der Waals surface area contributed by atoms with Crippen LogP contribution in [0.5, 0.6) is 0 Å². The van der Waals surface area contributed by atoms with Crippen molar-refractivity contribution in [2.75, 3.05) is 13.1 Å². The minimum atomic E-state index is -0.0433. The van der Waals surface area contributed by atoms with Crippen LogP contribution in [0.1, 0.15) is 43.6 Å². The largest absolute Gasteiger partial charge is 0.360 e. The lowest BCUT2D eigenvalue weighted by atomic mass is 9.85. The van der Waals surface area contributed by atoms with Crippen molar-refractivity contribution in [2.24, 2.45) is 11.8 Å². The highest BCUT2D eigenvalue weighted by Crippen LogP contribution is 2.33. The van der Waals surface area contributed by atoms with Gasteiger partial charge in [0.1, 0.15) is 5.83 Å². The Morgan fingerprint density at radius 1 is 1.45 bits per heavy atom. The summed E-state index contributed by atoms with van der Waals surface area (Å²) < 4.78 is 14.1. The molecule has 2 aliphatic rings. The van der Waals surface area contributed by atoms with Crippen molar-refractivity contribution in [2.45, 2.75) is 39.7 Å². The molecule has 1 fully saturated rings. The van der Waals surface area contributed by atoms with Crippen molar-refractivity contribution in [3.05, 3.63) is 28.8 Å². The van der Waals surface area contributed by atoms with Crippen molar-refractivity contribution in [3.8, 4) is 0 Å². The average Bonchev–Trinajstić information content (AvgIpc) is 3.12. The van der Waals surface area contributed by atoms with Gasteiger partial charge in [0.15, 0.2) is 0 Å². The number of likely N-dealkylation sites (tertiary alicyclic amines) is 1. The number of rotatable bonds is 3. The van der Waals surface area contributed by atoms with Crippen LogP contribution in [0.4, 0.5) is 9.18 Å². The molecule has 1 unspecified atom stereocenters. The molecule has 1 atom stereocenters. The fraction of sp³-hybridized carbons (Fsp3) is 0.588. The molecular formula is C17H24FN3O. The zero-order chi connectivity index (χ0) is 15.7. The fourth-order valence-electron chi connectivity index (χ4n) is 3.30. The molecule has 0 spiro atoms. The monoisotopic (exact) mass is 305 g/mol. The van der Waals surface area contributed by atoms with E-state index in [-0.39, 0.29) is 23.7 Å². The van der Waals surface area contributed by atoms with Gasteiger partial charge >= 0.3 is 6.03 Å². The third-order valence-electron chi connectivity index (χ3n) is 4.69. The van der Waals surface area contributed by atoms with E-state index in [2.05, 4.69) is 10.3 Å². The first-order valence-corrected chi connectivity index (χ1v) is 8.15. The molecule has 1 aromatic heterocycles. The van der Waals surface area contributed by atoms with Crippen LogP contribution in [0.25, 0.3) is 6.08 Å². The summed E-state index contributed by atoms with van der Waals surface area (Å²) in [7, 11) is 0. The van der Waals surface area contributed by atoms with E-state index >= 15 is 0 Å². The van der Waals surface area contributed by atoms with Crippen LogP contribution in [-0.4, -0.2) is 29.0 Å². The topological polar surface area (TPSA) is 48.1 Å². The minimum absolute atomic E-state index is 0.00754. The van der Waals surface area contributed by atoms with Crippen LogP contribution in [0.15, 0.2) is 11.9 Å². The Morgan fingerprint density at radius 3 is 2.86 bits per heavy atom. The summed E-state index contributed by atoms with van der Waals surface area (Å²) in [5.41, 5.74) is 2.93. The third-order valence-corrected chi connectivity index (χ3v) is 4.69. The number of aromatic nitrogens is 1. The summed E-state index contributed by atoms with van der Waals surface area (Å²) >= 11 is 0. The Labute approximate surface area is 130 Å². The van der Waals surface area contributed by atoms with Crippen molar-refractivity contribution in [1.29, 1.82) is 0 Å². The first-order valence-electron chi connectivity index (χ1n) is 8.15. The number of H-pyrrole nitrogens is 1. The number of urea groups is 1. The number of carbonyl (C=O) groups excluding carboxylic acids is 1. The van der Waals surface area contributed by atoms with E-state index in [1.54, 1.807) is 6.08 Å². The summed E-state index contributed by atoms with van der Waals surface area (Å²) in [5.74, 6) is 0.207. The first kappa shape index (κ1) is 15.1. The molecule has 2 N–H and O–H groups in total. The molecule has 1 aliphatic heterocycles. The van der Waals surface area contributed by atoms with Crippen molar-refractivity contribution in [3.63, 3.8) is 0 Å². The zero-order valence-electron chi connectivity index (χ0n) is 13.3. The number of nitrogens with zero attached hydrogens (tertiary/aromatic N) is 1. The second-order valence-electron chi connectivity index (χ2n) is 6.67. The standard InChI is InChI=1S/C17H24FN3O/c1-11(2)14-9-16-12(8-15(14)18)7-13(20-16)10-19-17(22)21-5-3-4-6-21/h7-8,11,14,20H,3-6,9-10H2,1-2H3,(H,19,22). The molecular weight excluding hydrogens is 281 g/mol. The molecule has 120 valence electrons. The van der Waals surface area contributed by atoms with Crippen LogP contribution in [0.3, 0.4) is 0 Å². The highest BCUT2D eigenvalue weighted by atomic mass is 19.1. The second-order valence-corrected chi connectivity index (χ2v) is 6.67. The predicted molar refractivity (Wildman–Crippen MR) is 85.0 cm³/mol. The summed E-state index contributed by atoms with van der Waals surface area (Å²) in [6.07, 6.45) is 4.51. The van der Waals surface area contributed by atoms with E-state index in [9.17, 15) is 9.18 Å². The quantitative estimate of drug-likeness (QED) is 0.882. The van der Waals surface area contributed by atoms with Gasteiger partial charge < -0.3 is 15.2 Å². The van der Waals surface area contributed by atoms with Gasteiger partial charge in [0.2, 0.25) is 0 Å². The summed E-state index contributed by atoms with van der Waals surface area (Å²) in [6.45, 7) is 6.24. The Morgan fingerprint density at radius 2 is 2.18 bits per heavy atom. The molecule has 0 aromatic carbocycles. The fourth-order valence-corrected chi connectivity index (χ4v) is 3.30. The van der Waals surface area contributed by atoms with E-state index < -0.39 is 0 Å². The maximum atomic E-state index is 14.1. The third kappa shape index (κ3) is 3.03. The summed E-state index contributed by atoms with van der Waals surface area (Å²) in [4.78, 5) is 17.2. The maximum Gasteiger partial charge on any atom is 0.317 e. The highest BCUT2D eigenvalue weighted by Gasteiger charge is 2.26. The zero-order valence-corrected chi connectivity index (χ0v) is 13.3. The molecule has 2 heterocycles. The molecule has 1 aromatic rings. The van der Waals surface area contributed by atoms with Crippen LogP contribution in [0, 0.1) is 11.8 Å². The first-order chi connectivity index (χ1) is 10.5. The van der Waals surface area contributed by atoms with Crippen LogP contribution >= 0.6 is 0 Å². The van der Waals surface area contributed by atoms with Gasteiger partial charge in [-0.05, 0) is 42.9 Å². The molecule has 3 rings (SSSR count). The van der Waals surface area contributed by atoms with E-state index in [0.717, 1.165) is 42.9 Å². The van der Waals surface area contributed by atoms with Crippen LogP contribution in [0.2, 0.25) is 0 Å². The van der Waals surface area contributed by atoms with Crippen molar-refractivity contribution >= 4 is 12.1 Å². The number of fused-ring (bicyclic) bond motifs is 1. The van der Waals surface area contributed by atoms with Crippen LogP contribution in [-0.2, 0) is 13.0 Å². The van der Waals surface area contributed by atoms with Crippen molar-refractivity contribution < 1.29 is 9.18 Å². The normalized spacial score (nSPS) is 21.0. The number of allylic oxidation sites excluding steroid dienone is 1. The maximum absolute atomic E-state index is 14.1. The highest BCUT2D eigenvalue weighted by molar-refractivity contribution is 5.74. The Hall–Kier alpha value is -1.78. The van der Waals surface area contributed by atoms with Gasteiger partial charge in [-0.1, -0.05) is 13.8 Å². The lowest BCUT2D eigenvalue weighted by Gasteiger charge is -2.22. The number of nitrogens with one attached hydrogen (secondary N) is 2. The number of halogens is 1. The summed E-state index contributed by atoms with van der Waals surface area (Å²) in [6, 6.07) is 1.93. The van der Waals surface area contributed by atoms with E-state index in [4.69, 9.17) is 0 Å². The Kier molecular flexibility index (Phi) is 4.23. The molecule has 22 heavy (non-hydrogen) atoms. The van der Waals surface area contributed by atoms with Gasteiger partial charge in [-0.25, -0.2) is 9.18 Å². The number of hydrogen-bond acceptors (Lipinski definition) is 1. The minimum Gasteiger partial charge on any atom is -0.360 e. The van der Waals surface area contributed by atoms with E-state index in [0.29, 0.717) is 13.0 Å². The van der Waals surface area contributed by atoms with Gasteiger partial charge in [0.25, 0.3) is 0 Å². The molecule has 0 bridgehead atoms. The Bertz CT molecular complexity index is 585. The number of hydrogen-bond donors (Lipinski definition) is 2. The number of carbonyl (C=O) groups is 1. The lowest BCUT2D eigenvalue weighted by molar-refractivity contribution is 0.208. The molecule has 1 aliphatic carbocycles. The predicted octanol–water partition coefficient (Wildman–Crippen LogP) is 3.46. The molecule has 5 heteroatoms. The van der Waals surface area contributed by atoms with Gasteiger partial charge in [0, 0.05) is 30.4 Å². The lowest BCUT2D eigenvalue weighted by Crippen LogP contribution is -2.37. The second kappa shape index (κ2) is 6.15. The molecule has 1 saturated heterocycles. The SMILES string of the molecule is CC(C)C1Cc2[nH]c(CNC(=O)N3CCCC3)cc2C=C1F. The number of amides is 2. The van der Waals surface area contributed by atoms with Crippen molar-refractivity contribution in [1.82, 2.24) is 15.2 Å². The average molecular weight is 305 g/mol. The van der Waals surface area contributed by atoms with Gasteiger partial charge in [-0.3, -0.25) is 0 Å².